The molecule has 4 aliphatic heterocycles. The fourth-order valence-corrected chi connectivity index (χ4v) is 18.9. The number of carbonyl (C=O) groups is 4. The third-order valence-corrected chi connectivity index (χ3v) is 26.5. The molecule has 12 N–H and O–H groups in total. The molecule has 58 heteroatoms. The minimum absolute atomic E-state index is 0.00295. The average Bonchev–Trinajstić information content (AvgIpc) is 1.65. The van der Waals surface area contributed by atoms with Gasteiger partial charge in [0.1, 0.15) is 37.3 Å². The topological polar surface area (TPSA) is 666 Å². The van der Waals surface area contributed by atoms with Crippen LogP contribution in [0.1, 0.15) is 145 Å². The first kappa shape index (κ1) is 114. The van der Waals surface area contributed by atoms with Gasteiger partial charge in [-0.25, -0.2) is 64.0 Å². The van der Waals surface area contributed by atoms with E-state index in [1.54, 1.807) is 110 Å². The van der Waals surface area contributed by atoms with Crippen LogP contribution in [0.3, 0.4) is 0 Å². The maximum Gasteiger partial charge on any atom is 0.333 e. The maximum atomic E-state index is 12.9. The second kappa shape index (κ2) is 58.4. The summed E-state index contributed by atoms with van der Waals surface area (Å²) in [4.78, 5) is 154. The number of aromatic nitrogens is 19. The van der Waals surface area contributed by atoms with Crippen LogP contribution >= 0.6 is 65.6 Å². The highest BCUT2D eigenvalue weighted by Crippen LogP contribution is 2.55. The number of fused-ring (bicyclic) bond motifs is 4. The predicted octanol–water partition coefficient (Wildman–Crippen LogP) is 11.5. The predicted molar refractivity (Wildman–Crippen MR) is 534 cm³/mol. The standard InChI is InChI=1S/C35H40N11O9PS.C35H40N11O9P.C5H7N3S3.2C5H5N.C2H3N.2HO2P/c1-4-23-24(14-25(54-23)45-17-39-26-28(37-16-38-29(26)45)41-32(49)20-9-6-5-7-10-20)55-56(57,51-12-8-11-36)52-15-21-13-22(47)34(53-21)46-18-40-27-30(46)42-35(44-33(27)50)43-31(48)19(2)3;1-4-23-24(14-25(54-23)45-17-39-26-28(37-16-38-29(26)45)41-32(49)20-9-6-5-7-10-20)55-56(51-12-8-11-36)52-15-21-13-22(47)34(53-21)46-18-40-27-30(46)42-35(44-33(27)50)43-31(48)19(2)3;1-8(2)3-6-4-7-5(9)11-10-4;2*1-2-4-6-5-3-1;1-2-3;2*1-3-2/h5-7,9-10,16-19,21-25,34,47H,4,8,12-15H2,1-3H3,(H,37,38,41,49)(H2,42,43,44,48,50);5-7,9-10,16-19,21-25,34,47H,4,8,12-15H2,1-3H3,(H,37,38,41,49)(H2,42,43,44,48,50);3H,1-2H3;2*1-5H;1H3;2*(H,1,2)/p+2/t2*21-,22-,23+,24+,25+,34+,56?;;;;;;/m00....../s1. The number of aliphatic imine (C=N–C) groups is 1. The second-order valence-corrected chi connectivity index (χ2v) is 38.8. The number of nitrogens with one attached hydrogen (secondary N) is 8. The molecule has 4 amide bonds. The molecule has 145 heavy (non-hydrogen) atoms. The molecule has 11 aromatic heterocycles. The van der Waals surface area contributed by atoms with Crippen LogP contribution in [-0.4, -0.2) is 227 Å². The van der Waals surface area contributed by atoms with Crippen LogP contribution in [0.2, 0.25) is 0 Å². The summed E-state index contributed by atoms with van der Waals surface area (Å²) in [6.45, 7) is 8.44. The first-order valence-electron chi connectivity index (χ1n) is 44.4. The molecular formula is C87H104N28O22P4S4+2. The normalized spacial score (nSPS) is 19.7. The number of aromatic amines is 4. The molecule has 2 unspecified atom stereocenters. The fourth-order valence-electron chi connectivity index (χ4n) is 13.8. The molecule has 4 fully saturated rings. The molecule has 14 atom stereocenters. The lowest BCUT2D eigenvalue weighted by Crippen LogP contribution is -2.24. The lowest BCUT2D eigenvalue weighted by Gasteiger charge is -2.27. The van der Waals surface area contributed by atoms with Crippen molar-refractivity contribution in [2.45, 2.75) is 174 Å². The van der Waals surface area contributed by atoms with Gasteiger partial charge in [0.25, 0.3) is 22.9 Å². The Labute approximate surface area is 849 Å². The van der Waals surface area contributed by atoms with Gasteiger partial charge in [-0.1, -0.05) is 90.1 Å². The number of benzene rings is 2. The minimum Gasteiger partial charge on any atom is -0.388 e. The number of amides is 4. The number of ether oxygens (including phenoxy) is 4. The van der Waals surface area contributed by atoms with Crippen LogP contribution in [0.15, 0.2) is 174 Å². The van der Waals surface area contributed by atoms with Crippen LogP contribution in [0.25, 0.3) is 44.7 Å². The number of pyridine rings is 2. The quantitative estimate of drug-likeness (QED) is 0.00467. The van der Waals surface area contributed by atoms with Gasteiger partial charge in [-0.15, -0.1) is 0 Å². The highest BCUT2D eigenvalue weighted by molar-refractivity contribution is 8.07. The Morgan fingerprint density at radius 2 is 1.02 bits per heavy atom. The number of nitrogens with zero attached hydrogens (tertiary/aromatic N) is 20. The van der Waals surface area contributed by atoms with Crippen molar-refractivity contribution in [3.63, 3.8) is 0 Å². The molecule has 4 aliphatic rings. The minimum atomic E-state index is -3.55. The summed E-state index contributed by atoms with van der Waals surface area (Å²) in [5.41, 5.74) is 1.69. The summed E-state index contributed by atoms with van der Waals surface area (Å²) in [6, 6.07) is 35.0. The summed E-state index contributed by atoms with van der Waals surface area (Å²) in [5.74, 6) is -1.68. The molecule has 0 spiro atoms. The van der Waals surface area contributed by atoms with E-state index in [4.69, 9.17) is 99.6 Å². The Morgan fingerprint density at radius 1 is 0.593 bits per heavy atom. The first-order valence-corrected chi connectivity index (χ1v) is 52.2. The monoisotopic (exact) mass is 2140 g/mol. The lowest BCUT2D eigenvalue weighted by molar-refractivity contribution is -0.378. The zero-order valence-corrected chi connectivity index (χ0v) is 86.0. The van der Waals surface area contributed by atoms with Crippen LogP contribution < -0.4 is 42.4 Å². The largest absolute Gasteiger partial charge is 0.388 e. The number of imidazole rings is 4. The molecule has 0 saturated carbocycles. The van der Waals surface area contributed by atoms with Gasteiger partial charge in [-0.05, 0) is 81.8 Å². The Hall–Kier alpha value is -12.7. The number of nitriles is 3. The van der Waals surface area contributed by atoms with Crippen LogP contribution in [-0.2, 0) is 76.6 Å². The number of aliphatic hydroxyl groups excluding tert-OH is 2. The fraction of sp³-hybridized carbons (Fsp3) is 0.402. The summed E-state index contributed by atoms with van der Waals surface area (Å²) in [5, 5.41) is 59.3. The second-order valence-electron chi connectivity index (χ2n) is 31.6. The van der Waals surface area contributed by atoms with E-state index in [2.05, 4.69) is 101 Å². The number of H-pyrrole nitrogens is 4. The van der Waals surface area contributed by atoms with E-state index in [9.17, 15) is 44.2 Å². The first-order chi connectivity index (χ1) is 70.0. The van der Waals surface area contributed by atoms with Gasteiger partial charge in [0, 0.05) is 93.9 Å². The van der Waals surface area contributed by atoms with Crippen LogP contribution in [0, 0.1) is 49.8 Å². The number of carbonyl (C=O) groups excluding carboxylic acids is 4. The SMILES string of the molecule is CC#N.CC[C@H]1O[C@@H](n2cnc3c(NC(=O)c4ccccc4)ncnc32)C[C@H]1OP(=S)(OCCC#N)OC[C@@H]1C[C@H](O)[C@H](n2cnc3c(=O)[nH]c(NC(=O)C(C)C)nc32)O1.CC[C@H]1O[C@@H](n2cnc3c(NC(=O)c4ccccc4)ncnc32)C[C@H]1OP(OCCC#N)OC[C@@H]1C[C@H](O)[C@H](n2cnc3c(=O)[nH]c(NC(=O)C(C)C)nc32)O1.CN(C)C=Nc1nc(=S)ss1.O=PO.O=PO.c1cc[nH+]cc1.c1cc[nH+]cc1. The summed E-state index contributed by atoms with van der Waals surface area (Å²) in [7, 11) is 3.11. The van der Waals surface area contributed by atoms with Gasteiger partial charge in [-0.2, -0.15) is 30.7 Å². The van der Waals surface area contributed by atoms with E-state index in [0.717, 1.165) is 5.13 Å². The molecule has 50 nitrogen and oxygen atoms in total. The van der Waals surface area contributed by atoms with Gasteiger partial charge >= 0.3 is 32.7 Å². The average molecular weight is 2150 g/mol. The highest BCUT2D eigenvalue weighted by atomic mass is 32.9. The molecule has 17 rings (SSSR count). The molecule has 0 bridgehead atoms. The van der Waals surface area contributed by atoms with Crippen molar-refractivity contribution in [1.82, 2.24) is 88.0 Å². The van der Waals surface area contributed by atoms with Crippen LogP contribution in [0.5, 0.6) is 0 Å². The molecule has 0 radical (unpaired) electrons. The van der Waals surface area contributed by atoms with E-state index >= 15 is 0 Å². The molecule has 13 aromatic rings. The summed E-state index contributed by atoms with van der Waals surface area (Å²) < 4.78 is 86.0. The van der Waals surface area contributed by atoms with E-state index in [-0.39, 0.29) is 140 Å². The summed E-state index contributed by atoms with van der Waals surface area (Å²) >= 11 is 10.7. The Balaban J connectivity index is 0.000000227. The van der Waals surface area contributed by atoms with E-state index < -0.39 is 111 Å². The number of anilines is 4. The third kappa shape index (κ3) is 33.4. The van der Waals surface area contributed by atoms with Crippen molar-refractivity contribution < 1.29 is 104 Å². The third-order valence-electron chi connectivity index (χ3n) is 20.4. The molecule has 4 saturated heterocycles. The Morgan fingerprint density at radius 3 is 1.43 bits per heavy atom. The smallest absolute Gasteiger partial charge is 0.333 e. The number of rotatable bonds is 32. The Kier molecular flexibility index (Phi) is 46.0. The van der Waals surface area contributed by atoms with Gasteiger partial charge in [0.05, 0.1) is 126 Å². The molecule has 0 aliphatic carbocycles. The van der Waals surface area contributed by atoms with Crippen molar-refractivity contribution >= 4 is 181 Å². The molecule has 2 aromatic carbocycles. The number of hydrogen-bond acceptors (Lipinski definition) is 39. The van der Waals surface area contributed by atoms with Crippen molar-refractivity contribution in [2.24, 2.45) is 16.8 Å². The molecule has 766 valence electrons. The zero-order valence-electron chi connectivity index (χ0n) is 79.2. The lowest BCUT2D eigenvalue weighted by atomic mass is 10.1. The highest BCUT2D eigenvalue weighted by Gasteiger charge is 2.45. The van der Waals surface area contributed by atoms with E-state index in [0.29, 0.717) is 63.1 Å². The van der Waals surface area contributed by atoms with Crippen molar-refractivity contribution in [2.75, 3.05) is 61.8 Å². The number of aliphatic hydroxyl groups is 2. The van der Waals surface area contributed by atoms with Crippen molar-refractivity contribution in [1.29, 1.82) is 15.8 Å². The van der Waals surface area contributed by atoms with E-state index in [1.165, 1.54) is 62.0 Å². The van der Waals surface area contributed by atoms with Gasteiger partial charge in [0.15, 0.2) is 97.5 Å². The zero-order chi connectivity index (χ0) is 104. The summed E-state index contributed by atoms with van der Waals surface area (Å²) in [6.07, 6.45) is 11.6. The van der Waals surface area contributed by atoms with Crippen LogP contribution in [0.4, 0.5) is 28.7 Å². The van der Waals surface area contributed by atoms with Crippen molar-refractivity contribution in [3.05, 3.63) is 196 Å². The van der Waals surface area contributed by atoms with E-state index in [1.807, 2.05) is 118 Å². The molecule has 15 heterocycles. The van der Waals surface area contributed by atoms with Gasteiger partial charge in [-0.3, -0.25) is 67.6 Å². The van der Waals surface area contributed by atoms with Crippen molar-refractivity contribution in [3.8, 4) is 18.2 Å². The van der Waals surface area contributed by atoms with Gasteiger partial charge in [0.2, 0.25) is 28.8 Å². The number of hydrogen-bond donors (Lipinski definition) is 10. The molecular weight excluding hydrogens is 2040 g/mol. The maximum absolute atomic E-state index is 12.9. The van der Waals surface area contributed by atoms with Gasteiger partial charge < -0.3 is 81.6 Å². The Bertz CT molecular complexity index is 6690.